The molecule has 0 aromatic heterocycles. The number of likely N-dealkylation sites (tertiary alicyclic amines) is 1. The third kappa shape index (κ3) is 4.38. The van der Waals surface area contributed by atoms with Crippen LogP contribution in [0.15, 0.2) is 24.3 Å². The van der Waals surface area contributed by atoms with Crippen LogP contribution >= 0.6 is 0 Å². The fourth-order valence-corrected chi connectivity index (χ4v) is 2.47. The Morgan fingerprint density at radius 2 is 2.05 bits per heavy atom. The Hall–Kier alpha value is -1.71. The maximum atomic E-state index is 12.2. The quantitative estimate of drug-likeness (QED) is 0.851. The van der Waals surface area contributed by atoms with E-state index < -0.39 is 5.60 Å². The van der Waals surface area contributed by atoms with Crippen molar-refractivity contribution < 1.29 is 14.3 Å². The summed E-state index contributed by atoms with van der Waals surface area (Å²) in [5.41, 5.74) is 0.653. The average Bonchev–Trinajstić information content (AvgIpc) is 2.84. The van der Waals surface area contributed by atoms with Gasteiger partial charge in [-0.2, -0.15) is 0 Å². The first-order chi connectivity index (χ1) is 9.87. The normalized spacial score (nSPS) is 18.7. The van der Waals surface area contributed by atoms with Gasteiger partial charge < -0.3 is 14.4 Å². The number of carbonyl (C=O) groups excluding carboxylic acids is 1. The second kappa shape index (κ2) is 6.37. The lowest BCUT2D eigenvalue weighted by molar-refractivity contribution is 0.0187. The summed E-state index contributed by atoms with van der Waals surface area (Å²) < 4.78 is 11.3. The zero-order valence-corrected chi connectivity index (χ0v) is 13.4. The number of nitrogens with zero attached hydrogens (tertiary/aromatic N) is 1. The van der Waals surface area contributed by atoms with Crippen molar-refractivity contribution in [3.05, 3.63) is 29.8 Å². The molecule has 4 heteroatoms. The van der Waals surface area contributed by atoms with Crippen molar-refractivity contribution in [2.24, 2.45) is 0 Å². The predicted molar refractivity (Wildman–Crippen MR) is 82.6 cm³/mol. The molecule has 1 aliphatic heterocycles. The van der Waals surface area contributed by atoms with Gasteiger partial charge in [0.2, 0.25) is 0 Å². The summed E-state index contributed by atoms with van der Waals surface area (Å²) in [6.07, 6.45) is 1.73. The van der Waals surface area contributed by atoms with Gasteiger partial charge in [0.25, 0.3) is 0 Å². The number of hydrogen-bond donors (Lipinski definition) is 0. The molecule has 1 atom stereocenters. The molecule has 2 rings (SSSR count). The van der Waals surface area contributed by atoms with E-state index in [-0.39, 0.29) is 12.1 Å². The average molecular weight is 291 g/mol. The number of rotatable bonds is 3. The maximum absolute atomic E-state index is 12.2. The van der Waals surface area contributed by atoms with Crippen molar-refractivity contribution in [3.8, 4) is 5.75 Å². The Labute approximate surface area is 127 Å². The molecule has 1 amide bonds. The molecule has 116 valence electrons. The van der Waals surface area contributed by atoms with Crippen molar-refractivity contribution in [3.63, 3.8) is 0 Å². The molecule has 0 radical (unpaired) electrons. The van der Waals surface area contributed by atoms with Crippen molar-refractivity contribution in [2.45, 2.75) is 52.2 Å². The molecule has 0 bridgehead atoms. The number of ether oxygens (including phenoxy) is 2. The lowest BCUT2D eigenvalue weighted by Gasteiger charge is -2.28. The van der Waals surface area contributed by atoms with Crippen LogP contribution in [0, 0.1) is 6.92 Å². The minimum absolute atomic E-state index is 0.0967. The Morgan fingerprint density at radius 3 is 2.71 bits per heavy atom. The first-order valence-corrected chi connectivity index (χ1v) is 7.55. The van der Waals surface area contributed by atoms with Crippen molar-refractivity contribution in [1.29, 1.82) is 0 Å². The van der Waals surface area contributed by atoms with Crippen molar-refractivity contribution in [1.82, 2.24) is 4.90 Å². The Kier molecular flexibility index (Phi) is 4.76. The highest BCUT2D eigenvalue weighted by Crippen LogP contribution is 2.23. The van der Waals surface area contributed by atoms with Crippen molar-refractivity contribution >= 4 is 6.09 Å². The first-order valence-electron chi connectivity index (χ1n) is 7.55. The molecule has 1 aliphatic rings. The zero-order chi connectivity index (χ0) is 15.5. The van der Waals surface area contributed by atoms with Crippen LogP contribution in [0.2, 0.25) is 0 Å². The molecular formula is C17H25NO3. The molecule has 0 saturated carbocycles. The van der Waals surface area contributed by atoms with Crippen LogP contribution < -0.4 is 4.74 Å². The van der Waals surface area contributed by atoms with Crippen LogP contribution in [-0.2, 0) is 4.74 Å². The summed E-state index contributed by atoms with van der Waals surface area (Å²) in [6, 6.07) is 8.03. The van der Waals surface area contributed by atoms with Crippen LogP contribution in [0.3, 0.4) is 0 Å². The van der Waals surface area contributed by atoms with Gasteiger partial charge in [0, 0.05) is 6.54 Å². The van der Waals surface area contributed by atoms with Gasteiger partial charge in [-0.25, -0.2) is 4.79 Å². The van der Waals surface area contributed by atoms with Crippen LogP contribution in [0.25, 0.3) is 0 Å². The Morgan fingerprint density at radius 1 is 1.33 bits per heavy atom. The van der Waals surface area contributed by atoms with Gasteiger partial charge >= 0.3 is 6.09 Å². The first kappa shape index (κ1) is 15.7. The third-order valence-corrected chi connectivity index (χ3v) is 3.53. The summed E-state index contributed by atoms with van der Waals surface area (Å²) in [5.74, 6) is 0.883. The summed E-state index contributed by atoms with van der Waals surface area (Å²) in [4.78, 5) is 14.0. The number of benzene rings is 1. The van der Waals surface area contributed by atoms with E-state index in [1.165, 1.54) is 0 Å². The molecule has 1 saturated heterocycles. The molecule has 0 aliphatic carbocycles. The van der Waals surface area contributed by atoms with E-state index >= 15 is 0 Å². The largest absolute Gasteiger partial charge is 0.491 e. The number of amides is 1. The van der Waals surface area contributed by atoms with E-state index in [0.717, 1.165) is 30.7 Å². The Balaban J connectivity index is 1.93. The molecule has 1 fully saturated rings. The van der Waals surface area contributed by atoms with Crippen LogP contribution in [0.1, 0.15) is 39.2 Å². The summed E-state index contributed by atoms with van der Waals surface area (Å²) in [5, 5.41) is 0. The fourth-order valence-electron chi connectivity index (χ4n) is 2.47. The smallest absolute Gasteiger partial charge is 0.410 e. The van der Waals surface area contributed by atoms with Gasteiger partial charge in [-0.1, -0.05) is 18.2 Å². The van der Waals surface area contributed by atoms with E-state index in [1.54, 1.807) is 4.90 Å². The maximum Gasteiger partial charge on any atom is 0.410 e. The molecule has 1 heterocycles. The summed E-state index contributed by atoms with van der Waals surface area (Å²) >= 11 is 0. The summed E-state index contributed by atoms with van der Waals surface area (Å²) in [7, 11) is 0. The topological polar surface area (TPSA) is 38.8 Å². The van der Waals surface area contributed by atoms with Gasteiger partial charge in [0.1, 0.15) is 18.0 Å². The van der Waals surface area contributed by atoms with Crippen LogP contribution in [0.5, 0.6) is 5.75 Å². The SMILES string of the molecule is Cc1ccccc1OCC1CCCN1C(=O)OC(C)(C)C. The van der Waals surface area contributed by atoms with Gasteiger partial charge in [0.05, 0.1) is 6.04 Å². The molecule has 4 nitrogen and oxygen atoms in total. The van der Waals surface area contributed by atoms with E-state index in [2.05, 4.69) is 0 Å². The molecule has 1 unspecified atom stereocenters. The molecule has 21 heavy (non-hydrogen) atoms. The molecule has 1 aromatic carbocycles. The number of carbonyl (C=O) groups is 1. The number of hydrogen-bond acceptors (Lipinski definition) is 3. The van der Waals surface area contributed by atoms with Gasteiger partial charge in [-0.15, -0.1) is 0 Å². The number of aryl methyl sites for hydroxylation is 1. The van der Waals surface area contributed by atoms with E-state index in [9.17, 15) is 4.79 Å². The third-order valence-electron chi connectivity index (χ3n) is 3.53. The van der Waals surface area contributed by atoms with Crippen LogP contribution in [0.4, 0.5) is 4.79 Å². The van der Waals surface area contributed by atoms with E-state index in [0.29, 0.717) is 6.61 Å². The fraction of sp³-hybridized carbons (Fsp3) is 0.588. The minimum Gasteiger partial charge on any atom is -0.491 e. The second-order valence-corrected chi connectivity index (χ2v) is 6.55. The highest BCUT2D eigenvalue weighted by atomic mass is 16.6. The highest BCUT2D eigenvalue weighted by Gasteiger charge is 2.32. The molecule has 0 N–H and O–H groups in total. The van der Waals surface area contributed by atoms with Gasteiger partial charge in [-0.05, 0) is 52.2 Å². The number of para-hydroxylation sites is 1. The van der Waals surface area contributed by atoms with Crippen molar-refractivity contribution in [2.75, 3.05) is 13.2 Å². The van der Waals surface area contributed by atoms with Gasteiger partial charge in [-0.3, -0.25) is 0 Å². The summed E-state index contributed by atoms with van der Waals surface area (Å²) in [6.45, 7) is 8.95. The highest BCUT2D eigenvalue weighted by molar-refractivity contribution is 5.69. The van der Waals surface area contributed by atoms with E-state index in [4.69, 9.17) is 9.47 Å². The lowest BCUT2D eigenvalue weighted by atomic mass is 10.2. The predicted octanol–water partition coefficient (Wildman–Crippen LogP) is 3.77. The minimum atomic E-state index is -0.457. The second-order valence-electron chi connectivity index (χ2n) is 6.55. The monoisotopic (exact) mass is 291 g/mol. The van der Waals surface area contributed by atoms with Crippen LogP contribution in [-0.4, -0.2) is 35.8 Å². The Bertz CT molecular complexity index is 493. The zero-order valence-electron chi connectivity index (χ0n) is 13.4. The van der Waals surface area contributed by atoms with E-state index in [1.807, 2.05) is 52.0 Å². The molecule has 0 spiro atoms. The standard InChI is InChI=1S/C17H25NO3/c1-13-8-5-6-10-15(13)20-12-14-9-7-11-18(14)16(19)21-17(2,3)4/h5-6,8,10,14H,7,9,11-12H2,1-4H3. The molecule has 1 aromatic rings. The van der Waals surface area contributed by atoms with Gasteiger partial charge in [0.15, 0.2) is 0 Å². The lowest BCUT2D eigenvalue weighted by Crippen LogP contribution is -2.42. The molecular weight excluding hydrogens is 266 g/mol.